The molecule has 1 saturated heterocycles. The number of nitrogens with zero attached hydrogens (tertiary/aromatic N) is 3. The smallest absolute Gasteiger partial charge is 0.227 e. The lowest BCUT2D eigenvalue weighted by molar-refractivity contribution is -0.134. The van der Waals surface area contributed by atoms with Gasteiger partial charge in [0, 0.05) is 18.2 Å². The van der Waals surface area contributed by atoms with Crippen LogP contribution in [0.1, 0.15) is 36.7 Å². The summed E-state index contributed by atoms with van der Waals surface area (Å²) in [6, 6.07) is 0.823. The number of amides is 1. The lowest BCUT2D eigenvalue weighted by Crippen LogP contribution is -2.40. The van der Waals surface area contributed by atoms with Crippen molar-refractivity contribution in [1.82, 2.24) is 15.0 Å². The Labute approximate surface area is 130 Å². The number of likely N-dealkylation sites (tertiary alicyclic amines) is 1. The van der Waals surface area contributed by atoms with Crippen LogP contribution >= 0.6 is 0 Å². The van der Waals surface area contributed by atoms with E-state index in [4.69, 9.17) is 4.52 Å². The van der Waals surface area contributed by atoms with Crippen LogP contribution in [0.3, 0.4) is 0 Å². The fourth-order valence-electron chi connectivity index (χ4n) is 2.79. The molecule has 0 aliphatic carbocycles. The van der Waals surface area contributed by atoms with Crippen molar-refractivity contribution in [2.75, 3.05) is 6.54 Å². The third-order valence-corrected chi connectivity index (χ3v) is 3.93. The Balaban J connectivity index is 1.80. The number of carbonyl (C=O) groups excluding carboxylic acids is 1. The monoisotopic (exact) mass is 325 g/mol. The first-order valence-corrected chi connectivity index (χ1v) is 7.25. The predicted molar refractivity (Wildman–Crippen MR) is 72.6 cm³/mol. The van der Waals surface area contributed by atoms with Gasteiger partial charge >= 0.3 is 0 Å². The molecule has 1 atom stereocenters. The molecule has 1 fully saturated rings. The molecule has 0 N–H and O–H groups in total. The van der Waals surface area contributed by atoms with Crippen LogP contribution in [0, 0.1) is 17.5 Å². The van der Waals surface area contributed by atoms with Crippen molar-refractivity contribution in [3.63, 3.8) is 0 Å². The van der Waals surface area contributed by atoms with Crippen molar-refractivity contribution in [1.29, 1.82) is 0 Å². The summed E-state index contributed by atoms with van der Waals surface area (Å²) < 4.78 is 44.6. The van der Waals surface area contributed by atoms with Crippen LogP contribution < -0.4 is 0 Å². The molecule has 1 aromatic carbocycles. The van der Waals surface area contributed by atoms with Crippen molar-refractivity contribution in [2.24, 2.45) is 0 Å². The molecule has 3 rings (SSSR count). The first-order valence-electron chi connectivity index (χ1n) is 7.25. The summed E-state index contributed by atoms with van der Waals surface area (Å²) in [6.45, 7) is 0.476. The zero-order valence-corrected chi connectivity index (χ0v) is 12.1. The van der Waals surface area contributed by atoms with Gasteiger partial charge in [-0.2, -0.15) is 4.98 Å². The third-order valence-electron chi connectivity index (χ3n) is 3.93. The number of piperidine rings is 1. The highest BCUT2D eigenvalue weighted by Gasteiger charge is 2.31. The summed E-state index contributed by atoms with van der Waals surface area (Å²) in [7, 11) is 0. The first kappa shape index (κ1) is 15.5. The number of aromatic nitrogens is 2. The molecule has 23 heavy (non-hydrogen) atoms. The van der Waals surface area contributed by atoms with E-state index in [1.165, 1.54) is 11.3 Å². The van der Waals surface area contributed by atoms with Crippen molar-refractivity contribution in [3.8, 4) is 0 Å². The van der Waals surface area contributed by atoms with E-state index in [1.807, 2.05) is 0 Å². The van der Waals surface area contributed by atoms with Crippen molar-refractivity contribution in [2.45, 2.75) is 31.7 Å². The van der Waals surface area contributed by atoms with Crippen molar-refractivity contribution in [3.05, 3.63) is 47.4 Å². The van der Waals surface area contributed by atoms with Crippen LogP contribution in [0.2, 0.25) is 0 Å². The summed E-state index contributed by atoms with van der Waals surface area (Å²) in [5, 5.41) is 3.76. The maximum atomic E-state index is 13.7. The van der Waals surface area contributed by atoms with E-state index in [-0.39, 0.29) is 23.9 Å². The van der Waals surface area contributed by atoms with Crippen LogP contribution in [0.4, 0.5) is 13.2 Å². The second-order valence-corrected chi connectivity index (χ2v) is 5.42. The van der Waals surface area contributed by atoms with E-state index in [2.05, 4.69) is 10.1 Å². The van der Waals surface area contributed by atoms with E-state index in [0.717, 1.165) is 18.9 Å². The van der Waals surface area contributed by atoms with E-state index in [0.29, 0.717) is 24.9 Å². The lowest BCUT2D eigenvalue weighted by atomic mass is 10.00. The van der Waals surface area contributed by atoms with Crippen molar-refractivity contribution < 1.29 is 22.5 Å². The number of benzene rings is 1. The second kappa shape index (κ2) is 6.39. The summed E-state index contributed by atoms with van der Waals surface area (Å²) >= 11 is 0. The zero-order chi connectivity index (χ0) is 16.4. The molecular formula is C15H14F3N3O2. The molecular weight excluding hydrogens is 311 g/mol. The fourth-order valence-corrected chi connectivity index (χ4v) is 2.79. The number of hydrogen-bond donors (Lipinski definition) is 0. The molecule has 0 unspecified atom stereocenters. The molecule has 2 heterocycles. The average molecular weight is 325 g/mol. The zero-order valence-electron chi connectivity index (χ0n) is 12.1. The Kier molecular flexibility index (Phi) is 4.31. The summed E-state index contributed by atoms with van der Waals surface area (Å²) in [4.78, 5) is 18.0. The summed E-state index contributed by atoms with van der Waals surface area (Å²) in [5.74, 6) is -3.39. The standard InChI is InChI=1S/C15H14F3N3O2/c16-10-7-12(18)11(17)5-9(10)6-14(22)21-4-2-1-3-13(21)15-19-8-23-20-15/h5,7-8,13H,1-4,6H2/t13-/m0/s1. The Morgan fingerprint density at radius 1 is 1.22 bits per heavy atom. The highest BCUT2D eigenvalue weighted by molar-refractivity contribution is 5.79. The average Bonchev–Trinajstić information content (AvgIpc) is 3.07. The molecule has 2 aromatic rings. The maximum absolute atomic E-state index is 13.7. The molecule has 1 amide bonds. The minimum atomic E-state index is -1.28. The Morgan fingerprint density at radius 3 is 2.74 bits per heavy atom. The van der Waals surface area contributed by atoms with Gasteiger partial charge in [0.05, 0.1) is 12.5 Å². The van der Waals surface area contributed by atoms with Gasteiger partial charge in [0.1, 0.15) is 5.82 Å². The molecule has 0 spiro atoms. The summed E-state index contributed by atoms with van der Waals surface area (Å²) in [5.41, 5.74) is -0.175. The predicted octanol–water partition coefficient (Wildman–Crippen LogP) is 2.78. The minimum Gasteiger partial charge on any atom is -0.343 e. The van der Waals surface area contributed by atoms with E-state index in [1.54, 1.807) is 0 Å². The van der Waals surface area contributed by atoms with Gasteiger partial charge in [-0.25, -0.2) is 13.2 Å². The van der Waals surface area contributed by atoms with Gasteiger partial charge in [-0.05, 0) is 25.3 Å². The first-order chi connectivity index (χ1) is 11.1. The number of hydrogen-bond acceptors (Lipinski definition) is 4. The van der Waals surface area contributed by atoms with Gasteiger partial charge in [-0.1, -0.05) is 5.16 Å². The van der Waals surface area contributed by atoms with Crippen LogP contribution in [-0.4, -0.2) is 27.5 Å². The molecule has 0 saturated carbocycles. The SMILES string of the molecule is O=C(Cc1cc(F)c(F)cc1F)N1CCCC[C@H]1c1ncon1. The number of halogens is 3. The molecule has 1 aliphatic heterocycles. The number of rotatable bonds is 3. The van der Waals surface area contributed by atoms with Crippen LogP contribution in [0.25, 0.3) is 0 Å². The quantitative estimate of drug-likeness (QED) is 0.814. The molecule has 1 aromatic heterocycles. The van der Waals surface area contributed by atoms with E-state index in [9.17, 15) is 18.0 Å². The number of carbonyl (C=O) groups is 1. The van der Waals surface area contributed by atoms with Crippen LogP contribution in [0.5, 0.6) is 0 Å². The van der Waals surface area contributed by atoms with Gasteiger partial charge in [0.2, 0.25) is 12.3 Å². The van der Waals surface area contributed by atoms with Crippen LogP contribution in [-0.2, 0) is 11.2 Å². The van der Waals surface area contributed by atoms with Gasteiger partial charge in [0.15, 0.2) is 17.5 Å². The third kappa shape index (κ3) is 3.20. The second-order valence-electron chi connectivity index (χ2n) is 5.42. The molecule has 0 bridgehead atoms. The molecule has 0 radical (unpaired) electrons. The highest BCUT2D eigenvalue weighted by atomic mass is 19.2. The minimum absolute atomic E-state index is 0.175. The molecule has 8 heteroatoms. The largest absolute Gasteiger partial charge is 0.343 e. The Bertz CT molecular complexity index is 706. The maximum Gasteiger partial charge on any atom is 0.227 e. The molecule has 1 aliphatic rings. The van der Waals surface area contributed by atoms with Gasteiger partial charge in [-0.3, -0.25) is 4.79 Å². The lowest BCUT2D eigenvalue weighted by Gasteiger charge is -2.34. The normalized spacial score (nSPS) is 18.2. The van der Waals surface area contributed by atoms with Crippen molar-refractivity contribution >= 4 is 5.91 Å². The topological polar surface area (TPSA) is 59.2 Å². The summed E-state index contributed by atoms with van der Waals surface area (Å²) in [6.07, 6.45) is 3.22. The molecule has 5 nitrogen and oxygen atoms in total. The van der Waals surface area contributed by atoms with Gasteiger partial charge < -0.3 is 9.42 Å². The van der Waals surface area contributed by atoms with Gasteiger partial charge in [0.25, 0.3) is 0 Å². The highest BCUT2D eigenvalue weighted by Crippen LogP contribution is 2.29. The van der Waals surface area contributed by atoms with E-state index >= 15 is 0 Å². The van der Waals surface area contributed by atoms with Crippen LogP contribution in [0.15, 0.2) is 23.0 Å². The Morgan fingerprint density at radius 2 is 2.00 bits per heavy atom. The van der Waals surface area contributed by atoms with E-state index < -0.39 is 17.5 Å². The Hall–Kier alpha value is -2.38. The van der Waals surface area contributed by atoms with Gasteiger partial charge in [-0.15, -0.1) is 0 Å². The molecule has 122 valence electrons. The fraction of sp³-hybridized carbons (Fsp3) is 0.400.